The van der Waals surface area contributed by atoms with E-state index in [-0.39, 0.29) is 6.03 Å². The highest BCUT2D eigenvalue weighted by Crippen LogP contribution is 2.36. The number of nitrogens with one attached hydrogen (secondary N) is 1. The third-order valence-electron chi connectivity index (χ3n) is 8.64. The summed E-state index contributed by atoms with van der Waals surface area (Å²) >= 11 is 0. The van der Waals surface area contributed by atoms with Crippen LogP contribution in [0.5, 0.6) is 11.5 Å². The van der Waals surface area contributed by atoms with Crippen molar-refractivity contribution in [3.8, 4) is 22.8 Å². The summed E-state index contributed by atoms with van der Waals surface area (Å²) in [4.78, 5) is 39.1. The molecule has 0 atom stereocenters. The topological polar surface area (TPSA) is 118 Å². The molecule has 2 aliphatic heterocycles. The van der Waals surface area contributed by atoms with Crippen molar-refractivity contribution < 1.29 is 19.0 Å². The Hall–Kier alpha value is -5.75. The number of carbonyl (C=O) groups excluding carboxylic acids is 1. The number of benzene rings is 3. The Labute approximate surface area is 285 Å². The molecule has 12 heteroatoms. The Bertz CT molecular complexity index is 1820. The van der Waals surface area contributed by atoms with Crippen LogP contribution in [0.3, 0.4) is 0 Å². The van der Waals surface area contributed by atoms with Crippen molar-refractivity contribution in [1.29, 1.82) is 0 Å². The molecule has 0 bridgehead atoms. The summed E-state index contributed by atoms with van der Waals surface area (Å²) in [5, 5.41) is 3.00. The van der Waals surface area contributed by atoms with Crippen LogP contribution < -0.4 is 29.5 Å². The summed E-state index contributed by atoms with van der Waals surface area (Å²) in [6.45, 7) is 4.16. The highest BCUT2D eigenvalue weighted by Gasteiger charge is 2.32. The van der Waals surface area contributed by atoms with E-state index >= 15 is 0 Å². The first-order valence-corrected chi connectivity index (χ1v) is 16.3. The number of hydrogen-bond donors (Lipinski definition) is 1. The first-order valence-electron chi connectivity index (χ1n) is 16.3. The Kier molecular flexibility index (Phi) is 9.46. The molecular weight excluding hydrogens is 620 g/mol. The number of rotatable bonds is 10. The van der Waals surface area contributed by atoms with E-state index in [0.717, 1.165) is 45.1 Å². The van der Waals surface area contributed by atoms with Gasteiger partial charge in [-0.3, -0.25) is 4.90 Å². The maximum atomic E-state index is 13.5. The lowest BCUT2D eigenvalue weighted by Gasteiger charge is -2.28. The average Bonchev–Trinajstić information content (AvgIpc) is 3.60. The van der Waals surface area contributed by atoms with Gasteiger partial charge in [0.25, 0.3) is 0 Å². The van der Waals surface area contributed by atoms with E-state index in [0.29, 0.717) is 70.1 Å². The van der Waals surface area contributed by atoms with Crippen molar-refractivity contribution in [2.45, 2.75) is 19.5 Å². The first-order chi connectivity index (χ1) is 24.1. The van der Waals surface area contributed by atoms with E-state index in [2.05, 4.69) is 15.1 Å². The summed E-state index contributed by atoms with van der Waals surface area (Å²) in [7, 11) is 3.32. The van der Waals surface area contributed by atoms with Gasteiger partial charge in [0.15, 0.2) is 0 Å². The molecule has 0 unspecified atom stereocenters. The fourth-order valence-electron chi connectivity index (χ4n) is 6.00. The van der Waals surface area contributed by atoms with Gasteiger partial charge in [-0.25, -0.2) is 19.7 Å². The minimum Gasteiger partial charge on any atom is -0.497 e. The van der Waals surface area contributed by atoms with E-state index < -0.39 is 0 Å². The second kappa shape index (κ2) is 14.6. The molecule has 0 radical (unpaired) electrons. The molecule has 3 aromatic carbocycles. The molecule has 49 heavy (non-hydrogen) atoms. The van der Waals surface area contributed by atoms with Crippen LogP contribution in [-0.2, 0) is 24.2 Å². The number of anilines is 4. The molecule has 0 aliphatic carbocycles. The summed E-state index contributed by atoms with van der Waals surface area (Å²) in [5.74, 6) is 3.34. The number of morpholine rings is 1. The normalized spacial score (nSPS) is 13.9. The summed E-state index contributed by atoms with van der Waals surface area (Å²) < 4.78 is 16.3. The van der Waals surface area contributed by atoms with Crippen LogP contribution >= 0.6 is 0 Å². The van der Waals surface area contributed by atoms with Crippen LogP contribution in [-0.4, -0.2) is 73.0 Å². The standard InChI is InChI=1S/C37H38N8O4/c1-47-30-12-8-26(9-13-30)24-44(25-27-10-14-31(48-2)15-11-27)35-38-22-28(23-39-35)33-32-16-17-45(37(46)40-29-6-4-3-5-7-29)34(32)42-36(41-33)43-18-20-49-21-19-43/h3-15,22-23H,16-21,24-25H2,1-2H3,(H,40,46). The molecule has 5 aromatic rings. The number of urea groups is 1. The Morgan fingerprint density at radius 2 is 1.43 bits per heavy atom. The number of ether oxygens (including phenoxy) is 3. The Morgan fingerprint density at radius 1 is 0.816 bits per heavy atom. The zero-order valence-electron chi connectivity index (χ0n) is 27.6. The summed E-state index contributed by atoms with van der Waals surface area (Å²) in [6.07, 6.45) is 4.24. The van der Waals surface area contributed by atoms with Gasteiger partial charge in [-0.1, -0.05) is 42.5 Å². The molecular formula is C37H38N8O4. The molecule has 1 N–H and O–H groups in total. The molecule has 0 saturated carbocycles. The van der Waals surface area contributed by atoms with Crippen LogP contribution in [0.2, 0.25) is 0 Å². The van der Waals surface area contributed by atoms with Gasteiger partial charge < -0.3 is 29.3 Å². The zero-order valence-corrected chi connectivity index (χ0v) is 27.6. The maximum absolute atomic E-state index is 13.5. The van der Waals surface area contributed by atoms with Gasteiger partial charge in [0.05, 0.1) is 33.1 Å². The molecule has 0 spiro atoms. The van der Waals surface area contributed by atoms with E-state index in [9.17, 15) is 4.79 Å². The Balaban J connectivity index is 1.21. The third kappa shape index (κ3) is 7.24. The van der Waals surface area contributed by atoms with Crippen molar-refractivity contribution in [2.24, 2.45) is 0 Å². The smallest absolute Gasteiger partial charge is 0.327 e. The van der Waals surface area contributed by atoms with Gasteiger partial charge in [-0.05, 0) is 53.9 Å². The van der Waals surface area contributed by atoms with Gasteiger partial charge in [0, 0.05) is 61.9 Å². The van der Waals surface area contributed by atoms with Crippen molar-refractivity contribution in [3.63, 3.8) is 0 Å². The molecule has 2 aromatic heterocycles. The van der Waals surface area contributed by atoms with Crippen LogP contribution in [0.4, 0.5) is 28.2 Å². The predicted octanol–water partition coefficient (Wildman–Crippen LogP) is 5.59. The van der Waals surface area contributed by atoms with E-state index in [1.807, 2.05) is 91.3 Å². The minimum atomic E-state index is -0.234. The summed E-state index contributed by atoms with van der Waals surface area (Å²) in [6, 6.07) is 25.2. The monoisotopic (exact) mass is 658 g/mol. The van der Waals surface area contributed by atoms with Crippen LogP contribution in [0.15, 0.2) is 91.3 Å². The number of fused-ring (bicyclic) bond motifs is 1. The van der Waals surface area contributed by atoms with E-state index in [4.69, 9.17) is 34.1 Å². The van der Waals surface area contributed by atoms with Crippen molar-refractivity contribution >= 4 is 29.4 Å². The third-order valence-corrected chi connectivity index (χ3v) is 8.64. The van der Waals surface area contributed by atoms with Gasteiger partial charge in [-0.2, -0.15) is 4.98 Å². The fraction of sp³-hybridized carbons (Fsp3) is 0.270. The molecule has 4 heterocycles. The summed E-state index contributed by atoms with van der Waals surface area (Å²) in [5.41, 5.74) is 5.30. The van der Waals surface area contributed by atoms with E-state index in [1.54, 1.807) is 19.1 Å². The molecule has 1 fully saturated rings. The largest absolute Gasteiger partial charge is 0.497 e. The van der Waals surface area contributed by atoms with E-state index in [1.165, 1.54) is 0 Å². The van der Waals surface area contributed by atoms with Crippen LogP contribution in [0.1, 0.15) is 16.7 Å². The number of carbonyl (C=O) groups is 1. The quantitative estimate of drug-likeness (QED) is 0.204. The number of para-hydroxylation sites is 1. The lowest BCUT2D eigenvalue weighted by atomic mass is 10.1. The SMILES string of the molecule is COc1ccc(CN(Cc2ccc(OC)cc2)c2ncc(-c3nc(N4CCOCC4)nc4c3CCN4C(=O)Nc3ccccc3)cn2)cc1. The zero-order chi connectivity index (χ0) is 33.6. The molecule has 12 nitrogen and oxygen atoms in total. The van der Waals surface area contributed by atoms with Crippen molar-refractivity contribution in [2.75, 3.05) is 67.1 Å². The lowest BCUT2D eigenvalue weighted by Crippen LogP contribution is -2.38. The number of amides is 2. The first kappa shape index (κ1) is 31.8. The number of hydrogen-bond acceptors (Lipinski definition) is 10. The van der Waals surface area contributed by atoms with Gasteiger partial charge >= 0.3 is 6.03 Å². The molecule has 7 rings (SSSR count). The number of methoxy groups -OCH3 is 2. The van der Waals surface area contributed by atoms with Crippen LogP contribution in [0, 0.1) is 0 Å². The van der Waals surface area contributed by atoms with Crippen LogP contribution in [0.25, 0.3) is 11.3 Å². The maximum Gasteiger partial charge on any atom is 0.327 e. The van der Waals surface area contributed by atoms with Gasteiger partial charge in [0.1, 0.15) is 17.3 Å². The molecule has 2 amide bonds. The second-order valence-corrected chi connectivity index (χ2v) is 11.8. The highest BCUT2D eigenvalue weighted by molar-refractivity contribution is 6.03. The average molecular weight is 659 g/mol. The van der Waals surface area contributed by atoms with Gasteiger partial charge in [-0.15, -0.1) is 0 Å². The fourth-order valence-corrected chi connectivity index (χ4v) is 6.00. The molecule has 250 valence electrons. The Morgan fingerprint density at radius 3 is 2.02 bits per heavy atom. The second-order valence-electron chi connectivity index (χ2n) is 11.8. The van der Waals surface area contributed by atoms with Crippen molar-refractivity contribution in [3.05, 3.63) is 108 Å². The highest BCUT2D eigenvalue weighted by atomic mass is 16.5. The number of nitrogens with zero attached hydrogens (tertiary/aromatic N) is 7. The lowest BCUT2D eigenvalue weighted by molar-refractivity contribution is 0.122. The molecule has 1 saturated heterocycles. The molecule has 2 aliphatic rings. The number of aromatic nitrogens is 4. The predicted molar refractivity (Wildman–Crippen MR) is 188 cm³/mol. The van der Waals surface area contributed by atoms with Crippen molar-refractivity contribution in [1.82, 2.24) is 19.9 Å². The van der Waals surface area contributed by atoms with Gasteiger partial charge in [0.2, 0.25) is 11.9 Å². The minimum absolute atomic E-state index is 0.234.